The van der Waals surface area contributed by atoms with E-state index in [4.69, 9.17) is 23.2 Å². The van der Waals surface area contributed by atoms with Crippen molar-refractivity contribution in [2.45, 2.75) is 31.7 Å². The number of Topliss-reactive ketones (excluding diaryl/α,β-unsaturated/α-hetero) is 1. The molecule has 1 N–H and O–H groups in total. The number of carbonyl (C=O) groups excluding carboxylic acids is 2. The summed E-state index contributed by atoms with van der Waals surface area (Å²) in [6, 6.07) is 16.3. The number of benzene rings is 2. The van der Waals surface area contributed by atoms with Crippen molar-refractivity contribution >= 4 is 46.3 Å². The number of aromatic nitrogens is 1. The van der Waals surface area contributed by atoms with Crippen LogP contribution in [0.2, 0.25) is 10.0 Å². The predicted molar refractivity (Wildman–Crippen MR) is 131 cm³/mol. The number of nitrogens with zero attached hydrogens (tertiary/aromatic N) is 2. The van der Waals surface area contributed by atoms with Gasteiger partial charge in [0.1, 0.15) is 0 Å². The van der Waals surface area contributed by atoms with Crippen molar-refractivity contribution in [2.75, 3.05) is 10.2 Å². The van der Waals surface area contributed by atoms with Gasteiger partial charge in [0.2, 0.25) is 5.91 Å². The summed E-state index contributed by atoms with van der Waals surface area (Å²) in [5.41, 5.74) is 4.68. The van der Waals surface area contributed by atoms with E-state index in [1.807, 2.05) is 48.5 Å². The number of amides is 1. The number of nitrogens with one attached hydrogen (secondary N) is 1. The van der Waals surface area contributed by atoms with E-state index in [0.717, 1.165) is 28.2 Å². The third-order valence-electron chi connectivity index (χ3n) is 6.24. The van der Waals surface area contributed by atoms with Crippen molar-refractivity contribution in [3.8, 4) is 0 Å². The largest absolute Gasteiger partial charge is 0.357 e. The smallest absolute Gasteiger partial charge is 0.224 e. The van der Waals surface area contributed by atoms with Crippen LogP contribution in [0.1, 0.15) is 42.9 Å². The zero-order chi connectivity index (χ0) is 23.1. The Labute approximate surface area is 202 Å². The molecule has 2 heterocycles. The van der Waals surface area contributed by atoms with Gasteiger partial charge in [-0.25, -0.2) is 0 Å². The topological polar surface area (TPSA) is 62.3 Å². The predicted octanol–water partition coefficient (Wildman–Crippen LogP) is 6.31. The number of allylic oxidation sites excluding steroid dienone is 1. The van der Waals surface area contributed by atoms with Crippen LogP contribution in [-0.2, 0) is 9.59 Å². The van der Waals surface area contributed by atoms with E-state index in [-0.39, 0.29) is 17.6 Å². The van der Waals surface area contributed by atoms with E-state index >= 15 is 0 Å². The molecule has 5 rings (SSSR count). The Kier molecular flexibility index (Phi) is 5.69. The number of rotatable bonds is 2. The molecule has 0 saturated carbocycles. The lowest BCUT2D eigenvalue weighted by Gasteiger charge is -2.34. The van der Waals surface area contributed by atoms with Crippen LogP contribution >= 0.6 is 23.2 Å². The zero-order valence-electron chi connectivity index (χ0n) is 17.9. The van der Waals surface area contributed by atoms with Gasteiger partial charge >= 0.3 is 0 Å². The van der Waals surface area contributed by atoms with E-state index in [1.54, 1.807) is 23.4 Å². The fraction of sp³-hybridized carbons (Fsp3) is 0.192. The first-order valence-electron chi connectivity index (χ1n) is 10.7. The Morgan fingerprint density at radius 2 is 1.85 bits per heavy atom. The molecule has 2 aromatic carbocycles. The molecule has 1 aromatic heterocycles. The molecule has 0 bridgehead atoms. The summed E-state index contributed by atoms with van der Waals surface area (Å²) in [7, 11) is 0. The number of hydrogen-bond acceptors (Lipinski definition) is 4. The first-order valence-corrected chi connectivity index (χ1v) is 11.5. The number of para-hydroxylation sites is 2. The Morgan fingerprint density at radius 3 is 2.58 bits per heavy atom. The molecule has 1 aliphatic carbocycles. The number of ketones is 1. The van der Waals surface area contributed by atoms with E-state index in [1.165, 1.54) is 6.92 Å². The molecule has 2 unspecified atom stereocenters. The Bertz CT molecular complexity index is 1290. The van der Waals surface area contributed by atoms with Crippen LogP contribution in [0.4, 0.5) is 11.4 Å². The molecule has 0 saturated heterocycles. The van der Waals surface area contributed by atoms with E-state index in [2.05, 4.69) is 10.3 Å². The monoisotopic (exact) mass is 477 g/mol. The Morgan fingerprint density at radius 1 is 1.03 bits per heavy atom. The average Bonchev–Trinajstić information content (AvgIpc) is 2.96. The third kappa shape index (κ3) is 3.92. The van der Waals surface area contributed by atoms with Crippen molar-refractivity contribution in [3.05, 3.63) is 99.4 Å². The Hall–Kier alpha value is -3.15. The fourth-order valence-electron chi connectivity index (χ4n) is 4.79. The summed E-state index contributed by atoms with van der Waals surface area (Å²) >= 11 is 12.4. The molecule has 0 spiro atoms. The minimum atomic E-state index is -0.565. The minimum absolute atomic E-state index is 0.00673. The quantitative estimate of drug-likeness (QED) is 0.469. The van der Waals surface area contributed by atoms with Gasteiger partial charge in [0.05, 0.1) is 27.5 Å². The van der Waals surface area contributed by atoms with Gasteiger partial charge in [-0.1, -0.05) is 47.5 Å². The molecule has 0 radical (unpaired) electrons. The van der Waals surface area contributed by atoms with Gasteiger partial charge in [-0.3, -0.25) is 19.5 Å². The summed E-state index contributed by atoms with van der Waals surface area (Å²) in [5, 5.41) is 4.44. The first kappa shape index (κ1) is 21.7. The van der Waals surface area contributed by atoms with Gasteiger partial charge in [-0.05, 0) is 53.8 Å². The van der Waals surface area contributed by atoms with E-state index < -0.39 is 6.04 Å². The molecule has 1 aliphatic heterocycles. The number of fused-ring (bicyclic) bond motifs is 1. The van der Waals surface area contributed by atoms with Gasteiger partial charge in [0.15, 0.2) is 5.78 Å². The second-order valence-electron chi connectivity index (χ2n) is 8.31. The molecule has 3 aromatic rings. The summed E-state index contributed by atoms with van der Waals surface area (Å²) in [5.74, 6) is -0.205. The summed E-state index contributed by atoms with van der Waals surface area (Å²) in [4.78, 5) is 32.6. The van der Waals surface area contributed by atoms with Gasteiger partial charge in [-0.2, -0.15) is 0 Å². The van der Waals surface area contributed by atoms with Gasteiger partial charge < -0.3 is 5.32 Å². The number of halogens is 2. The summed E-state index contributed by atoms with van der Waals surface area (Å²) < 4.78 is 0. The van der Waals surface area contributed by atoms with Crippen LogP contribution in [-0.4, -0.2) is 16.7 Å². The molecular weight excluding hydrogens is 457 g/mol. The van der Waals surface area contributed by atoms with E-state index in [9.17, 15) is 9.59 Å². The van der Waals surface area contributed by atoms with E-state index in [0.29, 0.717) is 28.5 Å². The standard InChI is InChI=1S/C26H21Cl2N3O2/c1-15(32)31-23-7-3-2-6-21(23)30-22-12-18(16-8-9-19(27)20(28)11-16)13-24(33)25(22)26(31)17-5-4-10-29-14-17/h2-11,14,18,26,30H,12-13H2,1H3. The lowest BCUT2D eigenvalue weighted by Crippen LogP contribution is -2.37. The van der Waals surface area contributed by atoms with Crippen LogP contribution in [0.25, 0.3) is 0 Å². The highest BCUT2D eigenvalue weighted by atomic mass is 35.5. The minimum Gasteiger partial charge on any atom is -0.357 e. The van der Waals surface area contributed by atoms with Gasteiger partial charge in [-0.15, -0.1) is 0 Å². The number of carbonyl (C=O) groups is 2. The lowest BCUT2D eigenvalue weighted by molar-refractivity contribution is -0.117. The molecule has 166 valence electrons. The van der Waals surface area contributed by atoms with Crippen LogP contribution in [0.15, 0.2) is 78.3 Å². The van der Waals surface area contributed by atoms with Crippen LogP contribution in [0.3, 0.4) is 0 Å². The third-order valence-corrected chi connectivity index (χ3v) is 6.98. The normalized spacial score (nSPS) is 20.0. The zero-order valence-corrected chi connectivity index (χ0v) is 19.4. The number of anilines is 2. The maximum absolute atomic E-state index is 13.7. The van der Waals surface area contributed by atoms with Crippen LogP contribution in [0, 0.1) is 0 Å². The molecule has 5 nitrogen and oxygen atoms in total. The van der Waals surface area contributed by atoms with Crippen LogP contribution in [0.5, 0.6) is 0 Å². The maximum atomic E-state index is 13.7. The van der Waals surface area contributed by atoms with Crippen molar-refractivity contribution in [1.82, 2.24) is 4.98 Å². The van der Waals surface area contributed by atoms with Crippen molar-refractivity contribution in [2.24, 2.45) is 0 Å². The SMILES string of the molecule is CC(=O)N1c2ccccc2NC2=C(C(=O)CC(c3ccc(Cl)c(Cl)c3)C2)C1c1cccnc1. The number of hydrogen-bond donors (Lipinski definition) is 1. The molecule has 33 heavy (non-hydrogen) atoms. The highest BCUT2D eigenvalue weighted by Gasteiger charge is 2.40. The molecule has 1 amide bonds. The van der Waals surface area contributed by atoms with Crippen LogP contribution < -0.4 is 10.2 Å². The summed E-state index contributed by atoms with van der Waals surface area (Å²) in [6.07, 6.45) is 4.33. The van der Waals surface area contributed by atoms with Crippen molar-refractivity contribution < 1.29 is 9.59 Å². The average molecular weight is 478 g/mol. The van der Waals surface area contributed by atoms with Gasteiger partial charge in [0.25, 0.3) is 0 Å². The summed E-state index contributed by atoms with van der Waals surface area (Å²) in [6.45, 7) is 1.53. The Balaban J connectivity index is 1.68. The first-order chi connectivity index (χ1) is 15.9. The van der Waals surface area contributed by atoms with Crippen molar-refractivity contribution in [3.63, 3.8) is 0 Å². The highest BCUT2D eigenvalue weighted by Crippen LogP contribution is 2.47. The number of pyridine rings is 1. The highest BCUT2D eigenvalue weighted by molar-refractivity contribution is 6.42. The molecule has 2 aliphatic rings. The maximum Gasteiger partial charge on any atom is 0.224 e. The molecule has 2 atom stereocenters. The second kappa shape index (κ2) is 8.65. The second-order valence-corrected chi connectivity index (χ2v) is 9.13. The lowest BCUT2D eigenvalue weighted by atomic mass is 9.78. The molecule has 0 fully saturated rings. The molecule has 7 heteroatoms. The van der Waals surface area contributed by atoms with Crippen molar-refractivity contribution in [1.29, 1.82) is 0 Å². The molecular formula is C26H21Cl2N3O2. The fourth-order valence-corrected chi connectivity index (χ4v) is 5.10. The van der Waals surface area contributed by atoms with Gasteiger partial charge in [0, 0.05) is 37.0 Å².